The topological polar surface area (TPSA) is 131 Å². The highest BCUT2D eigenvalue weighted by molar-refractivity contribution is 7.89. The Kier molecular flexibility index (Phi) is 3.95. The van der Waals surface area contributed by atoms with Crippen LogP contribution in [0.1, 0.15) is 18.8 Å². The number of H-pyrrole nitrogens is 1. The monoisotopic (exact) mass is 315 g/mol. The second kappa shape index (κ2) is 5.54. The summed E-state index contributed by atoms with van der Waals surface area (Å²) in [7, 11) is -4.30. The summed E-state index contributed by atoms with van der Waals surface area (Å²) in [6.07, 6.45) is 1.19. The number of nitrogens with one attached hydrogen (secondary N) is 2. The Hall–Kier alpha value is -2.40. The first kappa shape index (κ1) is 15.0. The van der Waals surface area contributed by atoms with E-state index in [0.717, 1.165) is 18.2 Å². The van der Waals surface area contributed by atoms with Crippen molar-refractivity contribution in [3.63, 3.8) is 0 Å². The van der Waals surface area contributed by atoms with E-state index in [1.807, 2.05) is 0 Å². The predicted molar refractivity (Wildman–Crippen MR) is 68.2 cm³/mol. The van der Waals surface area contributed by atoms with Crippen LogP contribution in [0.5, 0.6) is 0 Å². The molecule has 1 heterocycles. The molecule has 112 valence electrons. The summed E-state index contributed by atoms with van der Waals surface area (Å²) in [5.41, 5.74) is -1.10. The second-order valence-corrected chi connectivity index (χ2v) is 5.74. The van der Waals surface area contributed by atoms with Crippen molar-refractivity contribution in [2.75, 3.05) is 0 Å². The molecule has 1 atom stereocenters. The molecule has 0 aliphatic carbocycles. The van der Waals surface area contributed by atoms with E-state index in [0.29, 0.717) is 0 Å². The standard InChI is InChI=1S/C10H10FN5O4S/c1-6(10-12-5-13-14-10)15-21(19,20)8-4-2-3-7(11)9(8)16(17)18/h2-6,15H,1H3,(H,12,13,14). The highest BCUT2D eigenvalue weighted by Crippen LogP contribution is 2.27. The average molecular weight is 315 g/mol. The lowest BCUT2D eigenvalue weighted by molar-refractivity contribution is -0.390. The maximum absolute atomic E-state index is 13.5. The van der Waals surface area contributed by atoms with Gasteiger partial charge in [-0.05, 0) is 19.1 Å². The maximum atomic E-state index is 13.5. The van der Waals surface area contributed by atoms with Gasteiger partial charge in [0.2, 0.25) is 15.8 Å². The Balaban J connectivity index is 2.41. The number of rotatable bonds is 5. The lowest BCUT2D eigenvalue weighted by atomic mass is 10.3. The molecule has 0 radical (unpaired) electrons. The van der Waals surface area contributed by atoms with Gasteiger partial charge in [-0.15, -0.1) is 0 Å². The molecule has 0 saturated heterocycles. The van der Waals surface area contributed by atoms with Crippen molar-refractivity contribution in [2.24, 2.45) is 0 Å². The maximum Gasteiger partial charge on any atom is 0.324 e. The van der Waals surface area contributed by atoms with E-state index in [1.165, 1.54) is 13.3 Å². The van der Waals surface area contributed by atoms with E-state index in [1.54, 1.807) is 0 Å². The molecule has 0 amide bonds. The summed E-state index contributed by atoms with van der Waals surface area (Å²) in [5.74, 6) is -1.01. The molecule has 2 aromatic rings. The third-order valence-corrected chi connectivity index (χ3v) is 4.17. The molecule has 0 bridgehead atoms. The zero-order valence-electron chi connectivity index (χ0n) is 10.6. The fourth-order valence-electron chi connectivity index (χ4n) is 1.67. The summed E-state index contributed by atoms with van der Waals surface area (Å²) in [6.45, 7) is 1.46. The lowest BCUT2D eigenvalue weighted by Gasteiger charge is -2.12. The van der Waals surface area contributed by atoms with Gasteiger partial charge in [-0.1, -0.05) is 6.07 Å². The number of nitro benzene ring substituents is 1. The van der Waals surface area contributed by atoms with Crippen molar-refractivity contribution < 1.29 is 17.7 Å². The quantitative estimate of drug-likeness (QED) is 0.622. The predicted octanol–water partition coefficient (Wildman–Crippen LogP) is 0.891. The van der Waals surface area contributed by atoms with Crippen molar-refractivity contribution in [3.05, 3.63) is 46.3 Å². The van der Waals surface area contributed by atoms with Gasteiger partial charge in [-0.2, -0.15) is 9.49 Å². The Morgan fingerprint density at radius 3 is 2.76 bits per heavy atom. The number of nitrogens with zero attached hydrogens (tertiary/aromatic N) is 3. The highest BCUT2D eigenvalue weighted by Gasteiger charge is 2.30. The number of aromatic amines is 1. The molecule has 0 fully saturated rings. The van der Waals surface area contributed by atoms with Gasteiger partial charge in [0.15, 0.2) is 4.90 Å². The first-order valence-electron chi connectivity index (χ1n) is 5.63. The van der Waals surface area contributed by atoms with Crippen LogP contribution in [0, 0.1) is 15.9 Å². The molecule has 9 nitrogen and oxygen atoms in total. The molecular weight excluding hydrogens is 305 g/mol. The van der Waals surface area contributed by atoms with E-state index in [9.17, 15) is 22.9 Å². The van der Waals surface area contributed by atoms with Crippen molar-refractivity contribution in [3.8, 4) is 0 Å². The Labute approximate surface area is 118 Å². The van der Waals surface area contributed by atoms with E-state index < -0.39 is 37.4 Å². The van der Waals surface area contributed by atoms with Gasteiger partial charge in [0.1, 0.15) is 12.2 Å². The van der Waals surface area contributed by atoms with Gasteiger partial charge in [-0.3, -0.25) is 15.2 Å². The first-order chi connectivity index (χ1) is 9.83. The fraction of sp³-hybridized carbons (Fsp3) is 0.200. The van der Waals surface area contributed by atoms with Crippen molar-refractivity contribution in [2.45, 2.75) is 17.9 Å². The summed E-state index contributed by atoms with van der Waals surface area (Å²) in [6, 6.07) is 2.03. The number of nitro groups is 1. The number of hydrogen-bond acceptors (Lipinski definition) is 6. The van der Waals surface area contributed by atoms with Crippen LogP contribution in [0.2, 0.25) is 0 Å². The molecule has 0 saturated carbocycles. The number of halogens is 1. The number of aromatic nitrogens is 3. The smallest absolute Gasteiger partial charge is 0.262 e. The van der Waals surface area contributed by atoms with E-state index in [2.05, 4.69) is 19.9 Å². The van der Waals surface area contributed by atoms with Crippen LogP contribution in [0.3, 0.4) is 0 Å². The van der Waals surface area contributed by atoms with Crippen LogP contribution in [-0.4, -0.2) is 28.5 Å². The van der Waals surface area contributed by atoms with Gasteiger partial charge in [0.25, 0.3) is 0 Å². The largest absolute Gasteiger partial charge is 0.324 e. The third-order valence-electron chi connectivity index (χ3n) is 2.60. The molecule has 21 heavy (non-hydrogen) atoms. The SMILES string of the molecule is CC(NS(=O)(=O)c1cccc(F)c1[N+](=O)[O-])c1ncn[nH]1. The van der Waals surface area contributed by atoms with Gasteiger partial charge in [0, 0.05) is 0 Å². The zero-order chi connectivity index (χ0) is 15.6. The first-order valence-corrected chi connectivity index (χ1v) is 7.11. The number of sulfonamides is 1. The summed E-state index contributed by atoms with van der Waals surface area (Å²) in [5, 5.41) is 16.9. The number of hydrogen-bond donors (Lipinski definition) is 2. The van der Waals surface area contributed by atoms with Gasteiger partial charge < -0.3 is 0 Å². The van der Waals surface area contributed by atoms with Crippen LogP contribution in [-0.2, 0) is 10.0 Å². The minimum atomic E-state index is -4.30. The van der Waals surface area contributed by atoms with E-state index in [4.69, 9.17) is 0 Å². The minimum absolute atomic E-state index is 0.220. The van der Waals surface area contributed by atoms with Crippen LogP contribution in [0.4, 0.5) is 10.1 Å². The second-order valence-electron chi connectivity index (χ2n) is 4.06. The molecule has 1 unspecified atom stereocenters. The van der Waals surface area contributed by atoms with Crippen molar-refractivity contribution in [1.29, 1.82) is 0 Å². The van der Waals surface area contributed by atoms with E-state index in [-0.39, 0.29) is 5.82 Å². The number of benzene rings is 1. The zero-order valence-corrected chi connectivity index (χ0v) is 11.5. The molecule has 11 heteroatoms. The third kappa shape index (κ3) is 3.03. The fourth-order valence-corrected chi connectivity index (χ4v) is 3.05. The molecule has 1 aromatic carbocycles. The molecule has 0 aliphatic heterocycles. The van der Waals surface area contributed by atoms with Crippen LogP contribution >= 0.6 is 0 Å². The molecule has 0 spiro atoms. The molecule has 2 N–H and O–H groups in total. The lowest BCUT2D eigenvalue weighted by Crippen LogP contribution is -2.28. The van der Waals surface area contributed by atoms with Crippen molar-refractivity contribution >= 4 is 15.7 Å². The summed E-state index contributed by atoms with van der Waals surface area (Å²) < 4.78 is 40.0. The van der Waals surface area contributed by atoms with Gasteiger partial charge >= 0.3 is 5.69 Å². The van der Waals surface area contributed by atoms with Gasteiger partial charge in [-0.25, -0.2) is 18.1 Å². The van der Waals surface area contributed by atoms with Crippen LogP contribution < -0.4 is 4.72 Å². The average Bonchev–Trinajstić information content (AvgIpc) is 2.91. The summed E-state index contributed by atoms with van der Waals surface area (Å²) in [4.78, 5) is 12.8. The Morgan fingerprint density at radius 2 is 2.19 bits per heavy atom. The highest BCUT2D eigenvalue weighted by atomic mass is 32.2. The molecular formula is C10H10FN5O4S. The number of para-hydroxylation sites is 1. The molecule has 2 rings (SSSR count). The molecule has 0 aliphatic rings. The molecule has 1 aromatic heterocycles. The Bertz CT molecular complexity index is 762. The Morgan fingerprint density at radius 1 is 1.48 bits per heavy atom. The van der Waals surface area contributed by atoms with E-state index >= 15 is 0 Å². The normalized spacial score (nSPS) is 13.0. The van der Waals surface area contributed by atoms with Crippen LogP contribution in [0.25, 0.3) is 0 Å². The minimum Gasteiger partial charge on any atom is -0.262 e. The van der Waals surface area contributed by atoms with Gasteiger partial charge in [0.05, 0.1) is 11.0 Å². The van der Waals surface area contributed by atoms with Crippen LogP contribution in [0.15, 0.2) is 29.4 Å². The van der Waals surface area contributed by atoms with Crippen molar-refractivity contribution in [1.82, 2.24) is 19.9 Å². The summed E-state index contributed by atoms with van der Waals surface area (Å²) >= 11 is 0.